The van der Waals surface area contributed by atoms with Crippen molar-refractivity contribution in [3.63, 3.8) is 0 Å². The molecule has 1 aliphatic rings. The van der Waals surface area contributed by atoms with Crippen molar-refractivity contribution in [3.8, 4) is 16.9 Å². The highest BCUT2D eigenvalue weighted by molar-refractivity contribution is 7.99. The fourth-order valence-electron chi connectivity index (χ4n) is 5.05. The SMILES string of the molecule is COc1cccc(-c2c(C)c(Cc3c(F)cccc3C(F)(F)F)c3n(c2=O)C(C(N)c2ncc(C)s2)CS3)c1F. The lowest BCUT2D eigenvalue weighted by Gasteiger charge is -2.24. The number of aromatic nitrogens is 2. The van der Waals surface area contributed by atoms with Crippen molar-refractivity contribution in [2.24, 2.45) is 5.73 Å². The van der Waals surface area contributed by atoms with Gasteiger partial charge in [-0.05, 0) is 43.2 Å². The molecular weight excluding hydrogens is 569 g/mol. The zero-order valence-corrected chi connectivity index (χ0v) is 23.2. The number of halogens is 5. The summed E-state index contributed by atoms with van der Waals surface area (Å²) in [6, 6.07) is 5.79. The summed E-state index contributed by atoms with van der Waals surface area (Å²) in [5.74, 6) is -1.59. The van der Waals surface area contributed by atoms with Gasteiger partial charge in [0, 0.05) is 34.4 Å². The summed E-state index contributed by atoms with van der Waals surface area (Å²) in [6.45, 7) is 3.41. The van der Waals surface area contributed by atoms with Crippen LogP contribution in [0.15, 0.2) is 52.4 Å². The number of ether oxygens (including phenoxy) is 1. The molecule has 0 fully saturated rings. The molecule has 4 aromatic rings. The molecule has 2 unspecified atom stereocenters. The van der Waals surface area contributed by atoms with Crippen LogP contribution in [0.25, 0.3) is 11.1 Å². The van der Waals surface area contributed by atoms with E-state index < -0.39 is 53.0 Å². The maximum absolute atomic E-state index is 15.5. The first-order chi connectivity index (χ1) is 18.9. The van der Waals surface area contributed by atoms with E-state index in [2.05, 4.69) is 4.98 Å². The van der Waals surface area contributed by atoms with Crippen LogP contribution in [0.4, 0.5) is 22.0 Å². The highest BCUT2D eigenvalue weighted by atomic mass is 32.2. The molecule has 5 nitrogen and oxygen atoms in total. The van der Waals surface area contributed by atoms with Gasteiger partial charge in [-0.25, -0.2) is 13.8 Å². The van der Waals surface area contributed by atoms with E-state index in [1.165, 1.54) is 59.9 Å². The van der Waals surface area contributed by atoms with Gasteiger partial charge in [0.15, 0.2) is 11.6 Å². The molecule has 1 aliphatic heterocycles. The predicted molar refractivity (Wildman–Crippen MR) is 145 cm³/mol. The normalized spacial score (nSPS) is 15.8. The molecule has 2 atom stereocenters. The number of nitrogens with zero attached hydrogens (tertiary/aromatic N) is 2. The number of aryl methyl sites for hydroxylation is 1. The monoisotopic (exact) mass is 593 g/mol. The van der Waals surface area contributed by atoms with Crippen LogP contribution in [0.1, 0.15) is 44.2 Å². The Labute approximate surface area is 234 Å². The number of benzene rings is 2. The Kier molecular flexibility index (Phi) is 7.53. The smallest absolute Gasteiger partial charge is 0.416 e. The summed E-state index contributed by atoms with van der Waals surface area (Å²) in [7, 11) is 1.29. The number of alkyl halides is 3. The second kappa shape index (κ2) is 10.6. The van der Waals surface area contributed by atoms with E-state index in [9.17, 15) is 22.4 Å². The van der Waals surface area contributed by atoms with Crippen molar-refractivity contribution in [1.82, 2.24) is 9.55 Å². The Hall–Kier alpha value is -3.22. The molecule has 0 spiro atoms. The topological polar surface area (TPSA) is 70.1 Å². The summed E-state index contributed by atoms with van der Waals surface area (Å²) < 4.78 is 78.7. The van der Waals surface area contributed by atoms with Gasteiger partial charge >= 0.3 is 6.18 Å². The van der Waals surface area contributed by atoms with Gasteiger partial charge in [-0.15, -0.1) is 23.1 Å². The Morgan fingerprint density at radius 3 is 2.52 bits per heavy atom. The lowest BCUT2D eigenvalue weighted by molar-refractivity contribution is -0.138. The van der Waals surface area contributed by atoms with Crippen LogP contribution >= 0.6 is 23.1 Å². The van der Waals surface area contributed by atoms with Gasteiger partial charge < -0.3 is 10.5 Å². The molecule has 2 aromatic heterocycles. The van der Waals surface area contributed by atoms with Gasteiger partial charge in [0.2, 0.25) is 0 Å². The van der Waals surface area contributed by atoms with Gasteiger partial charge in [0.25, 0.3) is 5.56 Å². The molecule has 210 valence electrons. The number of thioether (sulfide) groups is 1. The number of pyridine rings is 1. The molecular formula is C28H24F5N3O2S2. The van der Waals surface area contributed by atoms with Gasteiger partial charge in [-0.3, -0.25) is 9.36 Å². The number of hydrogen-bond acceptors (Lipinski definition) is 6. The average Bonchev–Trinajstić information content (AvgIpc) is 3.54. The molecule has 0 bridgehead atoms. The van der Waals surface area contributed by atoms with Crippen molar-refractivity contribution in [1.29, 1.82) is 0 Å². The minimum Gasteiger partial charge on any atom is -0.494 e. The highest BCUT2D eigenvalue weighted by Gasteiger charge is 2.38. The summed E-state index contributed by atoms with van der Waals surface area (Å²) in [4.78, 5) is 19.4. The summed E-state index contributed by atoms with van der Waals surface area (Å²) in [5.41, 5.74) is 4.80. The number of fused-ring (bicyclic) bond motifs is 1. The molecule has 0 radical (unpaired) electrons. The van der Waals surface area contributed by atoms with Crippen molar-refractivity contribution in [2.45, 2.75) is 43.6 Å². The fraction of sp³-hybridized carbons (Fsp3) is 0.286. The second-order valence-corrected chi connectivity index (χ2v) is 11.7. The zero-order valence-electron chi connectivity index (χ0n) is 21.6. The van der Waals surface area contributed by atoms with Gasteiger partial charge in [0.05, 0.1) is 35.3 Å². The molecule has 40 heavy (non-hydrogen) atoms. The zero-order chi connectivity index (χ0) is 28.9. The van der Waals surface area contributed by atoms with E-state index in [-0.39, 0.29) is 22.4 Å². The Bertz CT molecular complexity index is 1670. The minimum absolute atomic E-state index is 0.0462. The van der Waals surface area contributed by atoms with Gasteiger partial charge in [-0.2, -0.15) is 13.2 Å². The molecule has 0 saturated heterocycles. The molecule has 12 heteroatoms. The van der Waals surface area contributed by atoms with Crippen LogP contribution in [0.2, 0.25) is 0 Å². The van der Waals surface area contributed by atoms with Crippen molar-refractivity contribution in [2.75, 3.05) is 12.9 Å². The number of hydrogen-bond donors (Lipinski definition) is 1. The quantitative estimate of drug-likeness (QED) is 0.248. The summed E-state index contributed by atoms with van der Waals surface area (Å²) in [5, 5.41) is 0.965. The van der Waals surface area contributed by atoms with Crippen LogP contribution in [0, 0.1) is 25.5 Å². The molecule has 3 heterocycles. The van der Waals surface area contributed by atoms with E-state index in [1.807, 2.05) is 6.92 Å². The molecule has 2 aromatic carbocycles. The Morgan fingerprint density at radius 2 is 1.88 bits per heavy atom. The largest absolute Gasteiger partial charge is 0.494 e. The standard InChI is InChI=1S/C28H24F5N3O2S2/c1-13-11-35-25(40-13)24(34)20-12-39-27-16(10-17-18(28(31,32)33)7-5-8-19(17)29)14(2)22(26(37)36(20)27)15-6-4-9-21(38-3)23(15)30/h4-9,11,20,24H,10,12,34H2,1-3H3. The van der Waals surface area contributed by atoms with Crippen LogP contribution in [0.5, 0.6) is 5.75 Å². The molecule has 0 saturated carbocycles. The maximum atomic E-state index is 15.5. The number of nitrogens with two attached hydrogens (primary N) is 1. The predicted octanol–water partition coefficient (Wildman–Crippen LogP) is 6.83. The first-order valence-electron chi connectivity index (χ1n) is 12.2. The van der Waals surface area contributed by atoms with E-state index >= 15 is 4.39 Å². The van der Waals surface area contributed by atoms with E-state index in [4.69, 9.17) is 10.5 Å². The van der Waals surface area contributed by atoms with Crippen LogP contribution in [0.3, 0.4) is 0 Å². The van der Waals surface area contributed by atoms with Crippen LogP contribution in [-0.4, -0.2) is 22.4 Å². The summed E-state index contributed by atoms with van der Waals surface area (Å²) >= 11 is 2.63. The van der Waals surface area contributed by atoms with Gasteiger partial charge in [0.1, 0.15) is 10.8 Å². The molecule has 2 N–H and O–H groups in total. The third-order valence-corrected chi connectivity index (χ3v) is 9.27. The van der Waals surface area contributed by atoms with Crippen molar-refractivity contribution in [3.05, 3.63) is 96.7 Å². The number of rotatable bonds is 6. The first-order valence-corrected chi connectivity index (χ1v) is 14.0. The highest BCUT2D eigenvalue weighted by Crippen LogP contribution is 2.45. The Balaban J connectivity index is 1.79. The lowest BCUT2D eigenvalue weighted by atomic mass is 9.92. The maximum Gasteiger partial charge on any atom is 0.416 e. The average molecular weight is 594 g/mol. The minimum atomic E-state index is -4.80. The van der Waals surface area contributed by atoms with Crippen molar-refractivity contribution >= 4 is 23.1 Å². The fourth-order valence-corrected chi connectivity index (χ4v) is 7.33. The molecule has 5 rings (SSSR count). The van der Waals surface area contributed by atoms with Crippen LogP contribution in [-0.2, 0) is 12.6 Å². The van der Waals surface area contributed by atoms with E-state index in [0.717, 1.165) is 23.1 Å². The third kappa shape index (κ3) is 4.82. The van der Waals surface area contributed by atoms with Gasteiger partial charge in [-0.1, -0.05) is 18.2 Å². The molecule has 0 aliphatic carbocycles. The molecule has 0 amide bonds. The second-order valence-electron chi connectivity index (χ2n) is 9.43. The van der Waals surface area contributed by atoms with Crippen molar-refractivity contribution < 1.29 is 26.7 Å². The van der Waals surface area contributed by atoms with E-state index in [0.29, 0.717) is 21.3 Å². The van der Waals surface area contributed by atoms with Crippen LogP contribution < -0.4 is 16.0 Å². The number of methoxy groups -OCH3 is 1. The summed E-state index contributed by atoms with van der Waals surface area (Å²) in [6.07, 6.45) is -3.60. The number of thiazole rings is 1. The first kappa shape index (κ1) is 28.3. The third-order valence-electron chi connectivity index (χ3n) is 7.03. The lowest BCUT2D eigenvalue weighted by Crippen LogP contribution is -2.33. The van der Waals surface area contributed by atoms with E-state index in [1.54, 1.807) is 6.20 Å². The Morgan fingerprint density at radius 1 is 1.15 bits per heavy atom.